The molecule has 1 heterocycles. The van der Waals surface area contributed by atoms with Gasteiger partial charge in [0.1, 0.15) is 6.04 Å². The second-order valence-electron chi connectivity index (χ2n) is 6.63. The van der Waals surface area contributed by atoms with E-state index in [1.165, 1.54) is 31.2 Å². The maximum Gasteiger partial charge on any atom is 0.407 e. The Kier molecular flexibility index (Phi) is 6.60. The number of thiazole rings is 1. The number of amides is 2. The molecule has 0 bridgehead atoms. The van der Waals surface area contributed by atoms with E-state index < -0.39 is 12.1 Å². The van der Waals surface area contributed by atoms with E-state index in [1.807, 2.05) is 13.8 Å². The first-order valence-electron chi connectivity index (χ1n) is 8.58. The number of nitrogens with zero attached hydrogens (tertiary/aromatic N) is 1. The van der Waals surface area contributed by atoms with Gasteiger partial charge in [0.2, 0.25) is 5.91 Å². The summed E-state index contributed by atoms with van der Waals surface area (Å²) in [5, 5.41) is 6.05. The number of methoxy groups -OCH3 is 1. The number of aromatic nitrogens is 1. The van der Waals surface area contributed by atoms with E-state index in [0.29, 0.717) is 5.13 Å². The van der Waals surface area contributed by atoms with Gasteiger partial charge < -0.3 is 15.4 Å². The Hall–Kier alpha value is -1.63. The molecule has 1 aliphatic carbocycles. The summed E-state index contributed by atoms with van der Waals surface area (Å²) in [4.78, 5) is 29.7. The normalized spacial score (nSPS) is 18.0. The summed E-state index contributed by atoms with van der Waals surface area (Å²) in [5.41, 5.74) is 1.12. The molecule has 7 heteroatoms. The first-order valence-corrected chi connectivity index (χ1v) is 9.40. The standard InChI is InChI=1S/C17H27N3O3S/c1-5-6-11-7-8-12-13(9-11)24-16(18-12)20-15(21)14(10(2)3)19-17(22)23-4/h10-11,14H,5-9H2,1-4H3,(H,19,22)(H,18,20,21). The van der Waals surface area contributed by atoms with Crippen LogP contribution in [-0.2, 0) is 22.4 Å². The van der Waals surface area contributed by atoms with Gasteiger partial charge in [0, 0.05) is 4.88 Å². The van der Waals surface area contributed by atoms with Gasteiger partial charge in [-0.1, -0.05) is 33.6 Å². The average Bonchev–Trinajstić information content (AvgIpc) is 2.93. The molecule has 2 amide bonds. The maximum atomic E-state index is 12.5. The number of anilines is 1. The average molecular weight is 353 g/mol. The van der Waals surface area contributed by atoms with Crippen LogP contribution in [0.3, 0.4) is 0 Å². The number of hydrogen-bond donors (Lipinski definition) is 2. The molecule has 0 aliphatic heterocycles. The molecule has 2 unspecified atom stereocenters. The maximum absolute atomic E-state index is 12.5. The Balaban J connectivity index is 2.02. The van der Waals surface area contributed by atoms with Crippen LogP contribution in [0.2, 0.25) is 0 Å². The fraction of sp³-hybridized carbons (Fsp3) is 0.706. The summed E-state index contributed by atoms with van der Waals surface area (Å²) < 4.78 is 4.59. The predicted molar refractivity (Wildman–Crippen MR) is 95.3 cm³/mol. The molecular weight excluding hydrogens is 326 g/mol. The van der Waals surface area contributed by atoms with Crippen LogP contribution in [0.1, 0.15) is 50.6 Å². The summed E-state index contributed by atoms with van der Waals surface area (Å²) in [6, 6.07) is -0.647. The first kappa shape index (κ1) is 18.7. The third-order valence-electron chi connectivity index (χ3n) is 4.38. The van der Waals surface area contributed by atoms with E-state index in [-0.39, 0.29) is 11.8 Å². The highest BCUT2D eigenvalue weighted by Gasteiger charge is 2.27. The molecule has 2 N–H and O–H groups in total. The smallest absolute Gasteiger partial charge is 0.407 e. The Morgan fingerprint density at radius 1 is 1.42 bits per heavy atom. The topological polar surface area (TPSA) is 80.3 Å². The lowest BCUT2D eigenvalue weighted by molar-refractivity contribution is -0.119. The van der Waals surface area contributed by atoms with Crippen LogP contribution in [0.15, 0.2) is 0 Å². The number of nitrogens with one attached hydrogen (secondary N) is 2. The minimum absolute atomic E-state index is 0.0485. The number of alkyl carbamates (subject to hydrolysis) is 1. The minimum atomic E-state index is -0.647. The molecule has 0 fully saturated rings. The third-order valence-corrected chi connectivity index (χ3v) is 5.41. The molecule has 0 spiro atoms. The van der Waals surface area contributed by atoms with E-state index in [9.17, 15) is 9.59 Å². The lowest BCUT2D eigenvalue weighted by Crippen LogP contribution is -2.47. The van der Waals surface area contributed by atoms with Crippen LogP contribution in [0.5, 0.6) is 0 Å². The molecule has 1 aliphatic rings. The van der Waals surface area contributed by atoms with Crippen molar-refractivity contribution in [1.29, 1.82) is 0 Å². The summed E-state index contributed by atoms with van der Waals surface area (Å²) >= 11 is 1.56. The van der Waals surface area contributed by atoms with Crippen molar-refractivity contribution in [2.24, 2.45) is 11.8 Å². The lowest BCUT2D eigenvalue weighted by atomic mass is 9.88. The van der Waals surface area contributed by atoms with Crippen molar-refractivity contribution in [3.05, 3.63) is 10.6 Å². The Morgan fingerprint density at radius 2 is 2.17 bits per heavy atom. The highest BCUT2D eigenvalue weighted by molar-refractivity contribution is 7.15. The van der Waals surface area contributed by atoms with Gasteiger partial charge in [-0.3, -0.25) is 4.79 Å². The molecule has 2 atom stereocenters. The SMILES string of the molecule is CCCC1CCc2nc(NC(=O)C(NC(=O)OC)C(C)C)sc2C1. The second kappa shape index (κ2) is 8.46. The van der Waals surface area contributed by atoms with Gasteiger partial charge in [-0.25, -0.2) is 9.78 Å². The Labute approximate surface area is 147 Å². The zero-order valence-corrected chi connectivity index (χ0v) is 15.7. The number of aryl methyl sites for hydroxylation is 1. The molecule has 6 nitrogen and oxygen atoms in total. The Morgan fingerprint density at radius 3 is 2.79 bits per heavy atom. The highest BCUT2D eigenvalue weighted by atomic mass is 32.1. The van der Waals surface area contributed by atoms with Crippen molar-refractivity contribution in [2.75, 3.05) is 12.4 Å². The molecule has 2 rings (SSSR count). The van der Waals surface area contributed by atoms with Crippen LogP contribution in [-0.4, -0.2) is 30.1 Å². The van der Waals surface area contributed by atoms with Crippen LogP contribution in [0, 0.1) is 11.8 Å². The van der Waals surface area contributed by atoms with Gasteiger partial charge in [-0.05, 0) is 31.1 Å². The molecule has 0 saturated heterocycles. The van der Waals surface area contributed by atoms with Crippen molar-refractivity contribution in [2.45, 2.75) is 58.9 Å². The van der Waals surface area contributed by atoms with Crippen LogP contribution >= 0.6 is 11.3 Å². The number of fused-ring (bicyclic) bond motifs is 1. The van der Waals surface area contributed by atoms with Gasteiger partial charge in [0.15, 0.2) is 5.13 Å². The summed E-state index contributed by atoms with van der Waals surface area (Å²) in [6.45, 7) is 5.97. The molecule has 0 aromatic carbocycles. The largest absolute Gasteiger partial charge is 0.453 e. The number of ether oxygens (including phenoxy) is 1. The van der Waals surface area contributed by atoms with E-state index in [4.69, 9.17) is 0 Å². The Bertz CT molecular complexity index is 586. The van der Waals surface area contributed by atoms with Crippen molar-refractivity contribution in [1.82, 2.24) is 10.3 Å². The molecule has 1 aromatic rings. The van der Waals surface area contributed by atoms with E-state index in [0.717, 1.165) is 24.5 Å². The monoisotopic (exact) mass is 353 g/mol. The van der Waals surface area contributed by atoms with Crippen LogP contribution in [0.4, 0.5) is 9.93 Å². The fourth-order valence-corrected chi connectivity index (χ4v) is 4.18. The zero-order chi connectivity index (χ0) is 17.7. The first-order chi connectivity index (χ1) is 11.4. The van der Waals surface area contributed by atoms with Gasteiger partial charge in [-0.15, -0.1) is 11.3 Å². The zero-order valence-electron chi connectivity index (χ0n) is 14.8. The molecule has 0 radical (unpaired) electrons. The van der Waals surface area contributed by atoms with Crippen LogP contribution in [0.25, 0.3) is 0 Å². The predicted octanol–water partition coefficient (Wildman–Crippen LogP) is 3.37. The number of carbonyl (C=O) groups excluding carboxylic acids is 2. The quantitative estimate of drug-likeness (QED) is 0.822. The van der Waals surface area contributed by atoms with Crippen molar-refractivity contribution in [3.63, 3.8) is 0 Å². The fourth-order valence-electron chi connectivity index (χ4n) is 3.06. The van der Waals surface area contributed by atoms with Gasteiger partial charge >= 0.3 is 6.09 Å². The van der Waals surface area contributed by atoms with Gasteiger partial charge in [0.25, 0.3) is 0 Å². The van der Waals surface area contributed by atoms with E-state index >= 15 is 0 Å². The van der Waals surface area contributed by atoms with Crippen LogP contribution < -0.4 is 10.6 Å². The van der Waals surface area contributed by atoms with Crippen molar-refractivity contribution >= 4 is 28.5 Å². The van der Waals surface area contributed by atoms with Crippen molar-refractivity contribution in [3.8, 4) is 0 Å². The summed E-state index contributed by atoms with van der Waals surface area (Å²) in [7, 11) is 1.28. The van der Waals surface area contributed by atoms with Gasteiger partial charge in [-0.2, -0.15) is 0 Å². The highest BCUT2D eigenvalue weighted by Crippen LogP contribution is 2.34. The number of hydrogen-bond acceptors (Lipinski definition) is 5. The molecule has 24 heavy (non-hydrogen) atoms. The lowest BCUT2D eigenvalue weighted by Gasteiger charge is -2.20. The molecule has 1 aromatic heterocycles. The molecular formula is C17H27N3O3S. The minimum Gasteiger partial charge on any atom is -0.453 e. The van der Waals surface area contributed by atoms with Gasteiger partial charge in [0.05, 0.1) is 12.8 Å². The van der Waals surface area contributed by atoms with E-state index in [2.05, 4.69) is 27.3 Å². The van der Waals surface area contributed by atoms with E-state index in [1.54, 1.807) is 11.3 Å². The third kappa shape index (κ3) is 4.69. The van der Waals surface area contributed by atoms with Crippen molar-refractivity contribution < 1.29 is 14.3 Å². The number of carbonyl (C=O) groups is 2. The molecule has 134 valence electrons. The second-order valence-corrected chi connectivity index (χ2v) is 7.72. The summed E-state index contributed by atoms with van der Waals surface area (Å²) in [6.07, 6.45) is 5.07. The molecule has 0 saturated carbocycles. The number of rotatable bonds is 6. The summed E-state index contributed by atoms with van der Waals surface area (Å²) in [5.74, 6) is 0.426.